The summed E-state index contributed by atoms with van der Waals surface area (Å²) >= 11 is 9.45. The third-order valence-electron chi connectivity index (χ3n) is 4.31. The molecule has 0 unspecified atom stereocenters. The van der Waals surface area contributed by atoms with Gasteiger partial charge in [-0.1, -0.05) is 23.7 Å². The van der Waals surface area contributed by atoms with Crippen molar-refractivity contribution < 1.29 is 19.3 Å². The minimum Gasteiger partial charge on any atom is -0.493 e. The second-order valence-corrected chi connectivity index (χ2v) is 7.83. The SMILES string of the molecule is COc1cc(/C=N/Nc2ccc([N+](=O)[O-])cc2[N+](=O)[O-])cc(Br)c1OCc1cccc(Cl)c1. The van der Waals surface area contributed by atoms with Gasteiger partial charge in [0.2, 0.25) is 0 Å². The molecule has 0 radical (unpaired) electrons. The minimum absolute atomic E-state index is 0.00866. The number of nitrogens with one attached hydrogen (secondary N) is 1. The van der Waals surface area contributed by atoms with E-state index in [4.69, 9.17) is 21.1 Å². The van der Waals surface area contributed by atoms with E-state index in [2.05, 4.69) is 26.5 Å². The van der Waals surface area contributed by atoms with E-state index in [1.165, 1.54) is 19.4 Å². The molecule has 170 valence electrons. The quantitative estimate of drug-likeness (QED) is 0.203. The maximum absolute atomic E-state index is 11.2. The number of nitro benzene ring substituents is 2. The van der Waals surface area contributed by atoms with Crippen LogP contribution < -0.4 is 14.9 Å². The van der Waals surface area contributed by atoms with Crippen molar-refractivity contribution in [1.29, 1.82) is 0 Å². The first kappa shape index (κ1) is 24.0. The second-order valence-electron chi connectivity index (χ2n) is 6.54. The number of methoxy groups -OCH3 is 1. The third kappa shape index (κ3) is 6.18. The van der Waals surface area contributed by atoms with Gasteiger partial charge in [-0.25, -0.2) is 0 Å². The molecule has 0 saturated carbocycles. The summed E-state index contributed by atoms with van der Waals surface area (Å²) in [5.74, 6) is 0.919. The Morgan fingerprint density at radius 2 is 1.91 bits per heavy atom. The average molecular weight is 536 g/mol. The van der Waals surface area contributed by atoms with Crippen molar-refractivity contribution in [1.82, 2.24) is 0 Å². The summed E-state index contributed by atoms with van der Waals surface area (Å²) in [7, 11) is 1.49. The summed E-state index contributed by atoms with van der Waals surface area (Å²) in [6.07, 6.45) is 1.42. The summed E-state index contributed by atoms with van der Waals surface area (Å²) in [4.78, 5) is 20.6. The van der Waals surface area contributed by atoms with Crippen molar-refractivity contribution in [3.63, 3.8) is 0 Å². The molecule has 12 heteroatoms. The summed E-state index contributed by atoms with van der Waals surface area (Å²) in [6, 6.07) is 13.9. The van der Waals surface area contributed by atoms with Crippen LogP contribution in [0, 0.1) is 20.2 Å². The van der Waals surface area contributed by atoms with Crippen LogP contribution in [0.15, 0.2) is 64.2 Å². The highest BCUT2D eigenvalue weighted by atomic mass is 79.9. The van der Waals surface area contributed by atoms with Gasteiger partial charge < -0.3 is 9.47 Å². The lowest BCUT2D eigenvalue weighted by Crippen LogP contribution is -2.00. The first-order chi connectivity index (χ1) is 15.8. The molecular formula is C21H16BrClN4O6. The molecule has 0 aliphatic rings. The zero-order valence-electron chi connectivity index (χ0n) is 17.0. The van der Waals surface area contributed by atoms with Crippen LogP contribution in [0.4, 0.5) is 17.1 Å². The lowest BCUT2D eigenvalue weighted by Gasteiger charge is -2.13. The molecule has 0 heterocycles. The molecule has 10 nitrogen and oxygen atoms in total. The number of anilines is 1. The van der Waals surface area contributed by atoms with Gasteiger partial charge in [-0.05, 0) is 57.4 Å². The van der Waals surface area contributed by atoms with Crippen LogP contribution in [0.5, 0.6) is 11.5 Å². The van der Waals surface area contributed by atoms with Gasteiger partial charge in [-0.3, -0.25) is 25.7 Å². The molecule has 0 bridgehead atoms. The first-order valence-corrected chi connectivity index (χ1v) is 10.4. The van der Waals surface area contributed by atoms with E-state index >= 15 is 0 Å². The summed E-state index contributed by atoms with van der Waals surface area (Å²) in [5.41, 5.74) is 3.18. The fourth-order valence-electron chi connectivity index (χ4n) is 2.79. The Labute approximate surface area is 201 Å². The van der Waals surface area contributed by atoms with E-state index in [9.17, 15) is 20.2 Å². The number of hydrogen-bond acceptors (Lipinski definition) is 8. The van der Waals surface area contributed by atoms with Crippen LogP contribution >= 0.6 is 27.5 Å². The van der Waals surface area contributed by atoms with Crippen molar-refractivity contribution in [2.24, 2.45) is 5.10 Å². The number of hydrazone groups is 1. The fourth-order valence-corrected chi connectivity index (χ4v) is 3.58. The van der Waals surface area contributed by atoms with Gasteiger partial charge in [0.15, 0.2) is 11.5 Å². The number of non-ortho nitro benzene ring substituents is 1. The zero-order valence-corrected chi connectivity index (χ0v) is 19.4. The molecule has 33 heavy (non-hydrogen) atoms. The summed E-state index contributed by atoms with van der Waals surface area (Å²) in [5, 5.41) is 26.7. The Bertz CT molecular complexity index is 1240. The molecule has 0 spiro atoms. The van der Waals surface area contributed by atoms with Crippen molar-refractivity contribution in [3.8, 4) is 11.5 Å². The molecule has 0 amide bonds. The lowest BCUT2D eigenvalue weighted by molar-refractivity contribution is -0.393. The van der Waals surface area contributed by atoms with Crippen molar-refractivity contribution in [2.45, 2.75) is 6.61 Å². The number of hydrogen-bond donors (Lipinski definition) is 1. The van der Waals surface area contributed by atoms with E-state index in [0.717, 1.165) is 17.7 Å². The normalized spacial score (nSPS) is 10.8. The first-order valence-electron chi connectivity index (χ1n) is 9.25. The van der Waals surface area contributed by atoms with Crippen LogP contribution in [0.25, 0.3) is 0 Å². The topological polar surface area (TPSA) is 129 Å². The minimum atomic E-state index is -0.726. The van der Waals surface area contributed by atoms with Crippen molar-refractivity contribution in [3.05, 3.63) is 95.4 Å². The van der Waals surface area contributed by atoms with Gasteiger partial charge in [0.05, 0.1) is 33.7 Å². The smallest absolute Gasteiger partial charge is 0.301 e. The molecule has 0 aliphatic carbocycles. The van der Waals surface area contributed by atoms with Gasteiger partial charge in [-0.2, -0.15) is 5.10 Å². The predicted octanol–water partition coefficient (Wildman–Crippen LogP) is 5.95. The number of ether oxygens (including phenoxy) is 2. The van der Waals surface area contributed by atoms with Gasteiger partial charge in [-0.15, -0.1) is 0 Å². The van der Waals surface area contributed by atoms with Gasteiger partial charge in [0.25, 0.3) is 5.69 Å². The standard InChI is InChI=1S/C21H16BrClN4O6/c1-32-20-9-14(8-17(22)21(20)33-12-13-3-2-4-15(23)7-13)11-24-25-18-6-5-16(26(28)29)10-19(18)27(30)31/h2-11,25H,12H2,1H3/b24-11+. The Hall–Kier alpha value is -3.70. The molecule has 0 atom stereocenters. The van der Waals surface area contributed by atoms with Gasteiger partial charge in [0.1, 0.15) is 12.3 Å². The molecule has 0 aliphatic heterocycles. The Kier molecular flexibility index (Phi) is 7.80. The van der Waals surface area contributed by atoms with E-state index in [1.54, 1.807) is 24.3 Å². The van der Waals surface area contributed by atoms with Crippen LogP contribution in [0.1, 0.15) is 11.1 Å². The molecule has 0 fully saturated rings. The summed E-state index contributed by atoms with van der Waals surface area (Å²) < 4.78 is 11.9. The maximum atomic E-state index is 11.2. The average Bonchev–Trinajstić information content (AvgIpc) is 2.78. The maximum Gasteiger partial charge on any atom is 0.301 e. The molecule has 3 aromatic rings. The summed E-state index contributed by atoms with van der Waals surface area (Å²) in [6.45, 7) is 0.272. The number of rotatable bonds is 9. The second kappa shape index (κ2) is 10.7. The van der Waals surface area contributed by atoms with E-state index in [0.29, 0.717) is 26.6 Å². The third-order valence-corrected chi connectivity index (χ3v) is 5.14. The van der Waals surface area contributed by atoms with E-state index in [1.807, 2.05) is 12.1 Å². The van der Waals surface area contributed by atoms with Gasteiger partial charge >= 0.3 is 5.69 Å². The highest BCUT2D eigenvalue weighted by Crippen LogP contribution is 2.37. The highest BCUT2D eigenvalue weighted by Gasteiger charge is 2.19. The fraction of sp³-hybridized carbons (Fsp3) is 0.0952. The number of nitro groups is 2. The number of benzene rings is 3. The van der Waals surface area contributed by atoms with E-state index in [-0.39, 0.29) is 12.3 Å². The molecule has 0 saturated heterocycles. The Balaban J connectivity index is 1.77. The Morgan fingerprint density at radius 1 is 1.12 bits per heavy atom. The highest BCUT2D eigenvalue weighted by molar-refractivity contribution is 9.10. The Morgan fingerprint density at radius 3 is 2.58 bits per heavy atom. The van der Waals surface area contributed by atoms with Crippen LogP contribution in [-0.4, -0.2) is 23.2 Å². The zero-order chi connectivity index (χ0) is 24.0. The molecular weight excluding hydrogens is 520 g/mol. The van der Waals surface area contributed by atoms with Crippen LogP contribution in [0.2, 0.25) is 5.02 Å². The van der Waals surface area contributed by atoms with Crippen LogP contribution in [-0.2, 0) is 6.61 Å². The van der Waals surface area contributed by atoms with Crippen LogP contribution in [0.3, 0.4) is 0 Å². The van der Waals surface area contributed by atoms with Gasteiger partial charge in [0, 0.05) is 11.1 Å². The molecule has 0 aromatic heterocycles. The monoisotopic (exact) mass is 534 g/mol. The van der Waals surface area contributed by atoms with Crippen molar-refractivity contribution in [2.75, 3.05) is 12.5 Å². The molecule has 1 N–H and O–H groups in total. The predicted molar refractivity (Wildman–Crippen MR) is 127 cm³/mol. The molecule has 3 aromatic carbocycles. The largest absolute Gasteiger partial charge is 0.493 e. The lowest BCUT2D eigenvalue weighted by atomic mass is 10.2. The molecule has 3 rings (SSSR count). The number of nitrogens with zero attached hydrogens (tertiary/aromatic N) is 3. The van der Waals surface area contributed by atoms with Crippen molar-refractivity contribution >= 4 is 50.8 Å². The van der Waals surface area contributed by atoms with E-state index < -0.39 is 21.2 Å². The number of halogens is 2.